The average Bonchev–Trinajstić information content (AvgIpc) is 2.02. The van der Waals surface area contributed by atoms with Gasteiger partial charge >= 0.3 is 0 Å². The second-order valence-corrected chi connectivity index (χ2v) is 4.50. The second-order valence-electron chi connectivity index (χ2n) is 4.50. The van der Waals surface area contributed by atoms with Gasteiger partial charge in [-0.3, -0.25) is 0 Å². The molecule has 70 valence electrons. The number of para-hydroxylation sites is 1. The van der Waals surface area contributed by atoms with E-state index in [0.717, 1.165) is 12.2 Å². The highest BCUT2D eigenvalue weighted by molar-refractivity contribution is 5.38. The van der Waals surface area contributed by atoms with E-state index in [9.17, 15) is 0 Å². The summed E-state index contributed by atoms with van der Waals surface area (Å²) < 4.78 is 5.89. The van der Waals surface area contributed by atoms with Crippen LogP contribution in [0.15, 0.2) is 24.3 Å². The Hall–Kier alpha value is -0.980. The average molecular weight is 176 g/mol. The molecule has 0 bridgehead atoms. The lowest BCUT2D eigenvalue weighted by Gasteiger charge is -2.36. The molecule has 1 nitrogen and oxygen atoms in total. The van der Waals surface area contributed by atoms with E-state index in [4.69, 9.17) is 4.74 Å². The van der Waals surface area contributed by atoms with Gasteiger partial charge < -0.3 is 4.74 Å². The molecular weight excluding hydrogens is 160 g/mol. The lowest BCUT2D eigenvalue weighted by molar-refractivity contribution is 0.0747. The summed E-state index contributed by atoms with van der Waals surface area (Å²) in [4.78, 5) is 0. The van der Waals surface area contributed by atoms with E-state index in [1.807, 2.05) is 6.07 Å². The molecule has 0 saturated carbocycles. The highest BCUT2D eigenvalue weighted by atomic mass is 16.5. The molecule has 1 heterocycles. The van der Waals surface area contributed by atoms with E-state index in [1.165, 1.54) is 5.56 Å². The van der Waals surface area contributed by atoms with Gasteiger partial charge in [0.2, 0.25) is 0 Å². The van der Waals surface area contributed by atoms with Crippen LogP contribution in [0.3, 0.4) is 0 Å². The Morgan fingerprint density at radius 3 is 2.77 bits per heavy atom. The van der Waals surface area contributed by atoms with Gasteiger partial charge in [0.15, 0.2) is 0 Å². The van der Waals surface area contributed by atoms with Crippen molar-refractivity contribution >= 4 is 0 Å². The maximum absolute atomic E-state index is 5.89. The van der Waals surface area contributed by atoms with Crippen molar-refractivity contribution < 1.29 is 4.74 Å². The van der Waals surface area contributed by atoms with Crippen LogP contribution in [0.2, 0.25) is 0 Å². The maximum atomic E-state index is 5.89. The zero-order valence-corrected chi connectivity index (χ0v) is 8.50. The molecule has 0 N–H and O–H groups in total. The minimum atomic E-state index is -0.00618. The van der Waals surface area contributed by atoms with Crippen molar-refractivity contribution in [3.05, 3.63) is 29.8 Å². The normalized spacial score (nSPS) is 24.7. The van der Waals surface area contributed by atoms with Crippen LogP contribution in [-0.2, 0) is 0 Å². The van der Waals surface area contributed by atoms with Crippen LogP contribution in [0.1, 0.15) is 38.7 Å². The van der Waals surface area contributed by atoms with Crippen molar-refractivity contribution in [1.29, 1.82) is 0 Å². The van der Waals surface area contributed by atoms with Gasteiger partial charge in [-0.15, -0.1) is 0 Å². The smallest absolute Gasteiger partial charge is 0.123 e. The molecule has 0 fully saturated rings. The summed E-state index contributed by atoms with van der Waals surface area (Å²) >= 11 is 0. The van der Waals surface area contributed by atoms with E-state index in [-0.39, 0.29) is 5.60 Å². The van der Waals surface area contributed by atoms with E-state index in [2.05, 4.69) is 39.0 Å². The monoisotopic (exact) mass is 176 g/mol. The molecule has 1 atom stereocenters. The lowest BCUT2D eigenvalue weighted by Crippen LogP contribution is -2.33. The van der Waals surface area contributed by atoms with Crippen LogP contribution in [0.4, 0.5) is 0 Å². The molecule has 13 heavy (non-hydrogen) atoms. The summed E-state index contributed by atoms with van der Waals surface area (Å²) in [5.41, 5.74) is 1.34. The van der Waals surface area contributed by atoms with Crippen molar-refractivity contribution in [2.45, 2.75) is 38.7 Å². The van der Waals surface area contributed by atoms with Gasteiger partial charge in [-0.25, -0.2) is 0 Å². The first-order chi connectivity index (χ1) is 6.08. The zero-order chi connectivity index (χ0) is 9.47. The highest BCUT2D eigenvalue weighted by Crippen LogP contribution is 2.39. The van der Waals surface area contributed by atoms with Gasteiger partial charge in [0.05, 0.1) is 0 Å². The standard InChI is InChI=1S/C12H16O/c1-9-8-12(2,3)13-11-7-5-4-6-10(9)11/h4-7,9H,8H2,1-3H3/t9-/m1/s1. The number of ether oxygens (including phenoxy) is 1. The van der Waals surface area contributed by atoms with Gasteiger partial charge in [-0.1, -0.05) is 25.1 Å². The molecule has 1 aliphatic rings. The molecular formula is C12H16O. The molecule has 0 aliphatic carbocycles. The fourth-order valence-corrected chi connectivity index (χ4v) is 2.17. The largest absolute Gasteiger partial charge is 0.488 e. The van der Waals surface area contributed by atoms with Gasteiger partial charge in [0, 0.05) is 0 Å². The molecule has 0 amide bonds. The first kappa shape index (κ1) is 8.61. The molecule has 0 aromatic heterocycles. The van der Waals surface area contributed by atoms with E-state index >= 15 is 0 Å². The van der Waals surface area contributed by atoms with Crippen molar-refractivity contribution in [3.63, 3.8) is 0 Å². The van der Waals surface area contributed by atoms with Crippen LogP contribution in [0.5, 0.6) is 5.75 Å². The van der Waals surface area contributed by atoms with E-state index in [0.29, 0.717) is 5.92 Å². The fourth-order valence-electron chi connectivity index (χ4n) is 2.17. The SMILES string of the molecule is C[C@@H]1CC(C)(C)Oc2ccccc21. The molecule has 2 rings (SSSR count). The summed E-state index contributed by atoms with van der Waals surface area (Å²) in [6.07, 6.45) is 1.10. The molecule has 0 unspecified atom stereocenters. The topological polar surface area (TPSA) is 9.23 Å². The van der Waals surface area contributed by atoms with Crippen LogP contribution >= 0.6 is 0 Å². The fraction of sp³-hybridized carbons (Fsp3) is 0.500. The summed E-state index contributed by atoms with van der Waals surface area (Å²) in [5, 5.41) is 0. The van der Waals surface area contributed by atoms with Gasteiger partial charge in [0.1, 0.15) is 11.4 Å². The van der Waals surface area contributed by atoms with Crippen molar-refractivity contribution in [3.8, 4) is 5.75 Å². The Morgan fingerprint density at radius 1 is 1.31 bits per heavy atom. The van der Waals surface area contributed by atoms with Gasteiger partial charge in [-0.2, -0.15) is 0 Å². The molecule has 1 heteroatoms. The van der Waals surface area contributed by atoms with Gasteiger partial charge in [0.25, 0.3) is 0 Å². The predicted octanol–water partition coefficient (Wildman–Crippen LogP) is 3.35. The molecule has 1 aromatic carbocycles. The third kappa shape index (κ3) is 1.55. The minimum Gasteiger partial charge on any atom is -0.488 e. The predicted molar refractivity (Wildman–Crippen MR) is 54.2 cm³/mol. The van der Waals surface area contributed by atoms with Crippen molar-refractivity contribution in [2.75, 3.05) is 0 Å². The summed E-state index contributed by atoms with van der Waals surface area (Å²) in [6.45, 7) is 6.57. The molecule has 1 aliphatic heterocycles. The molecule has 0 radical (unpaired) electrons. The Kier molecular flexibility index (Phi) is 1.83. The Labute approximate surface area is 79.7 Å². The van der Waals surface area contributed by atoms with Crippen LogP contribution in [-0.4, -0.2) is 5.60 Å². The number of hydrogen-bond acceptors (Lipinski definition) is 1. The van der Waals surface area contributed by atoms with Crippen LogP contribution < -0.4 is 4.74 Å². The third-order valence-corrected chi connectivity index (χ3v) is 2.63. The molecule has 1 aromatic rings. The number of hydrogen-bond donors (Lipinski definition) is 0. The number of rotatable bonds is 0. The quantitative estimate of drug-likeness (QED) is 0.589. The number of fused-ring (bicyclic) bond motifs is 1. The maximum Gasteiger partial charge on any atom is 0.123 e. The molecule has 0 spiro atoms. The Bertz CT molecular complexity index is 315. The minimum absolute atomic E-state index is 0.00618. The van der Waals surface area contributed by atoms with Crippen LogP contribution in [0, 0.1) is 0 Å². The Morgan fingerprint density at radius 2 is 2.00 bits per heavy atom. The molecule has 0 saturated heterocycles. The first-order valence-corrected chi connectivity index (χ1v) is 4.86. The Balaban J connectivity index is 2.43. The number of benzene rings is 1. The van der Waals surface area contributed by atoms with Crippen molar-refractivity contribution in [2.24, 2.45) is 0 Å². The summed E-state index contributed by atoms with van der Waals surface area (Å²) in [5.74, 6) is 1.67. The first-order valence-electron chi connectivity index (χ1n) is 4.86. The zero-order valence-electron chi connectivity index (χ0n) is 8.50. The third-order valence-electron chi connectivity index (χ3n) is 2.63. The summed E-state index contributed by atoms with van der Waals surface area (Å²) in [6, 6.07) is 8.34. The van der Waals surface area contributed by atoms with E-state index < -0.39 is 0 Å². The highest BCUT2D eigenvalue weighted by Gasteiger charge is 2.30. The van der Waals surface area contributed by atoms with Crippen molar-refractivity contribution in [1.82, 2.24) is 0 Å². The van der Waals surface area contributed by atoms with Gasteiger partial charge in [-0.05, 0) is 37.8 Å². The summed E-state index contributed by atoms with van der Waals surface area (Å²) in [7, 11) is 0. The second kappa shape index (κ2) is 2.76. The van der Waals surface area contributed by atoms with Crippen LogP contribution in [0.25, 0.3) is 0 Å². The van der Waals surface area contributed by atoms with E-state index in [1.54, 1.807) is 0 Å². The lowest BCUT2D eigenvalue weighted by atomic mass is 9.86.